The fourth-order valence-corrected chi connectivity index (χ4v) is 4.08. The second kappa shape index (κ2) is 8.23. The van der Waals surface area contributed by atoms with E-state index >= 15 is 0 Å². The summed E-state index contributed by atoms with van der Waals surface area (Å²) in [7, 11) is -0.628. The fourth-order valence-electron chi connectivity index (χ4n) is 1.97. The third kappa shape index (κ3) is 4.98. The Morgan fingerprint density at radius 2 is 1.84 bits per heavy atom. The number of amides is 1. The van der Waals surface area contributed by atoms with Crippen LogP contribution in [0.2, 0.25) is 5.02 Å². The maximum atomic E-state index is 12.4. The predicted octanol–water partition coefficient (Wildman–Crippen LogP) is 3.71. The third-order valence-corrected chi connectivity index (χ3v) is 6.82. The summed E-state index contributed by atoms with van der Waals surface area (Å²) >= 11 is 7.45. The third-order valence-electron chi connectivity index (χ3n) is 3.39. The molecule has 134 valence electrons. The molecule has 0 aliphatic heterocycles. The largest absolute Gasteiger partial charge is 0.325 e. The van der Waals surface area contributed by atoms with Crippen molar-refractivity contribution in [3.8, 4) is 0 Å². The molecule has 1 atom stereocenters. The average molecular weight is 399 g/mol. The van der Waals surface area contributed by atoms with Gasteiger partial charge in [-0.1, -0.05) is 29.8 Å². The molecule has 0 aliphatic carbocycles. The van der Waals surface area contributed by atoms with E-state index in [1.54, 1.807) is 25.1 Å². The summed E-state index contributed by atoms with van der Waals surface area (Å²) in [5, 5.41) is 2.94. The average Bonchev–Trinajstić information content (AvgIpc) is 2.57. The van der Waals surface area contributed by atoms with Gasteiger partial charge < -0.3 is 5.32 Å². The molecule has 2 rings (SSSR count). The van der Waals surface area contributed by atoms with Crippen molar-refractivity contribution >= 4 is 45.0 Å². The Morgan fingerprint density at radius 1 is 1.16 bits per heavy atom. The van der Waals surface area contributed by atoms with Crippen LogP contribution in [0.1, 0.15) is 6.92 Å². The zero-order valence-corrected chi connectivity index (χ0v) is 16.5. The number of halogens is 1. The van der Waals surface area contributed by atoms with E-state index in [1.165, 1.54) is 38.0 Å². The highest BCUT2D eigenvalue weighted by atomic mass is 35.5. The Kier molecular flexibility index (Phi) is 6.51. The highest BCUT2D eigenvalue weighted by Crippen LogP contribution is 2.30. The lowest BCUT2D eigenvalue weighted by Gasteiger charge is -2.15. The number of nitrogens with zero attached hydrogens (tertiary/aromatic N) is 1. The van der Waals surface area contributed by atoms with Gasteiger partial charge in [-0.15, -0.1) is 11.8 Å². The smallest absolute Gasteiger partial charge is 0.242 e. The van der Waals surface area contributed by atoms with Gasteiger partial charge in [-0.25, -0.2) is 12.7 Å². The van der Waals surface area contributed by atoms with Crippen molar-refractivity contribution in [2.75, 3.05) is 19.4 Å². The minimum absolute atomic E-state index is 0.127. The van der Waals surface area contributed by atoms with Crippen molar-refractivity contribution in [2.24, 2.45) is 0 Å². The maximum Gasteiger partial charge on any atom is 0.242 e. The first-order valence-corrected chi connectivity index (χ1v) is 10.2. The van der Waals surface area contributed by atoms with Crippen LogP contribution in [0.15, 0.2) is 58.3 Å². The van der Waals surface area contributed by atoms with Crippen LogP contribution in [0.5, 0.6) is 0 Å². The van der Waals surface area contributed by atoms with Crippen molar-refractivity contribution in [2.45, 2.75) is 22.0 Å². The molecule has 8 heteroatoms. The van der Waals surface area contributed by atoms with E-state index in [9.17, 15) is 13.2 Å². The molecule has 0 saturated heterocycles. The van der Waals surface area contributed by atoms with E-state index in [1.807, 2.05) is 18.2 Å². The van der Waals surface area contributed by atoms with Crippen LogP contribution in [-0.4, -0.2) is 38.0 Å². The van der Waals surface area contributed by atoms with Gasteiger partial charge in [-0.05, 0) is 37.3 Å². The molecule has 1 unspecified atom stereocenters. The first-order chi connectivity index (χ1) is 11.7. The predicted molar refractivity (Wildman–Crippen MR) is 103 cm³/mol. The van der Waals surface area contributed by atoms with Gasteiger partial charge in [0.25, 0.3) is 0 Å². The van der Waals surface area contributed by atoms with Gasteiger partial charge in [0.15, 0.2) is 0 Å². The van der Waals surface area contributed by atoms with Crippen LogP contribution in [0.4, 0.5) is 5.69 Å². The lowest BCUT2D eigenvalue weighted by molar-refractivity contribution is -0.115. The number of hydrogen-bond acceptors (Lipinski definition) is 4. The lowest BCUT2D eigenvalue weighted by Crippen LogP contribution is -2.24. The molecule has 2 aromatic carbocycles. The minimum Gasteiger partial charge on any atom is -0.325 e. The monoisotopic (exact) mass is 398 g/mol. The molecule has 0 bridgehead atoms. The van der Waals surface area contributed by atoms with Gasteiger partial charge in [-0.2, -0.15) is 0 Å². The second-order valence-electron chi connectivity index (χ2n) is 5.50. The quantitative estimate of drug-likeness (QED) is 0.753. The van der Waals surface area contributed by atoms with E-state index in [2.05, 4.69) is 5.32 Å². The fraction of sp³-hybridized carbons (Fsp3) is 0.235. The zero-order valence-electron chi connectivity index (χ0n) is 14.1. The SMILES string of the molecule is CC(Sc1ccccc1Cl)C(=O)Nc1cccc(S(=O)(=O)N(C)C)c1. The Labute approximate surface area is 157 Å². The van der Waals surface area contributed by atoms with Crippen LogP contribution >= 0.6 is 23.4 Å². The summed E-state index contributed by atoms with van der Waals surface area (Å²) in [5.74, 6) is -0.232. The molecular formula is C17H19ClN2O3S2. The number of carbonyl (C=O) groups excluding carboxylic acids is 1. The number of thioether (sulfide) groups is 1. The first-order valence-electron chi connectivity index (χ1n) is 7.46. The molecule has 0 heterocycles. The molecule has 0 spiro atoms. The zero-order chi connectivity index (χ0) is 18.6. The normalized spacial score (nSPS) is 12.8. The van der Waals surface area contributed by atoms with Crippen LogP contribution in [0.3, 0.4) is 0 Å². The second-order valence-corrected chi connectivity index (χ2v) is 9.44. The molecule has 0 aliphatic rings. The molecule has 1 amide bonds. The molecule has 0 fully saturated rings. The number of sulfonamides is 1. The van der Waals surface area contributed by atoms with Gasteiger partial charge >= 0.3 is 0 Å². The molecule has 5 nitrogen and oxygen atoms in total. The molecule has 0 saturated carbocycles. The van der Waals surface area contributed by atoms with Crippen molar-refractivity contribution < 1.29 is 13.2 Å². The van der Waals surface area contributed by atoms with Crippen LogP contribution in [0, 0.1) is 0 Å². The summed E-state index contributed by atoms with van der Waals surface area (Å²) in [6, 6.07) is 13.5. The van der Waals surface area contributed by atoms with E-state index < -0.39 is 15.3 Å². The van der Waals surface area contributed by atoms with Gasteiger partial charge in [0.05, 0.1) is 15.2 Å². The van der Waals surface area contributed by atoms with Crippen molar-refractivity contribution in [3.63, 3.8) is 0 Å². The van der Waals surface area contributed by atoms with E-state index in [0.29, 0.717) is 10.7 Å². The van der Waals surface area contributed by atoms with Crippen molar-refractivity contribution in [3.05, 3.63) is 53.6 Å². The Hall–Kier alpha value is -1.54. The van der Waals surface area contributed by atoms with E-state index in [-0.39, 0.29) is 10.8 Å². The highest BCUT2D eigenvalue weighted by Gasteiger charge is 2.19. The Morgan fingerprint density at radius 3 is 2.48 bits per heavy atom. The standard InChI is InChI=1S/C17H19ClN2O3S2/c1-12(24-16-10-5-4-9-15(16)18)17(21)19-13-7-6-8-14(11-13)25(22,23)20(2)3/h4-12H,1-3H3,(H,19,21). The molecule has 25 heavy (non-hydrogen) atoms. The summed E-state index contributed by atoms with van der Waals surface area (Å²) in [4.78, 5) is 13.3. The number of benzene rings is 2. The summed E-state index contributed by atoms with van der Waals surface area (Å²) in [5.41, 5.74) is 0.430. The molecule has 0 aromatic heterocycles. The Bertz CT molecular complexity index is 870. The molecule has 0 radical (unpaired) electrons. The van der Waals surface area contributed by atoms with Gasteiger partial charge in [-0.3, -0.25) is 4.79 Å². The number of rotatable bonds is 6. The van der Waals surface area contributed by atoms with Crippen LogP contribution in [0.25, 0.3) is 0 Å². The number of anilines is 1. The van der Waals surface area contributed by atoms with Gasteiger partial charge in [0.1, 0.15) is 0 Å². The topological polar surface area (TPSA) is 66.5 Å². The minimum atomic E-state index is -3.55. The van der Waals surface area contributed by atoms with E-state index in [0.717, 1.165) is 9.20 Å². The van der Waals surface area contributed by atoms with Gasteiger partial charge in [0.2, 0.25) is 15.9 Å². The lowest BCUT2D eigenvalue weighted by atomic mass is 10.3. The maximum absolute atomic E-state index is 12.4. The van der Waals surface area contributed by atoms with Crippen LogP contribution < -0.4 is 5.32 Å². The van der Waals surface area contributed by atoms with E-state index in [4.69, 9.17) is 11.6 Å². The van der Waals surface area contributed by atoms with Crippen LogP contribution in [-0.2, 0) is 14.8 Å². The number of nitrogens with one attached hydrogen (secondary N) is 1. The summed E-state index contributed by atoms with van der Waals surface area (Å²) in [6.07, 6.45) is 0. The summed E-state index contributed by atoms with van der Waals surface area (Å²) < 4.78 is 25.5. The molecular weight excluding hydrogens is 380 g/mol. The Balaban J connectivity index is 2.12. The molecule has 2 aromatic rings. The van der Waals surface area contributed by atoms with Crippen molar-refractivity contribution in [1.29, 1.82) is 0 Å². The summed E-state index contributed by atoms with van der Waals surface area (Å²) in [6.45, 7) is 1.77. The van der Waals surface area contributed by atoms with Gasteiger partial charge in [0, 0.05) is 24.7 Å². The first kappa shape index (κ1) is 19.8. The highest BCUT2D eigenvalue weighted by molar-refractivity contribution is 8.00. The van der Waals surface area contributed by atoms with Crippen molar-refractivity contribution in [1.82, 2.24) is 4.31 Å². The number of carbonyl (C=O) groups is 1. The number of hydrogen-bond donors (Lipinski definition) is 1. The molecule has 1 N–H and O–H groups in total.